The molecule has 3 heteroatoms. The van der Waals surface area contributed by atoms with Gasteiger partial charge in [-0.2, -0.15) is 0 Å². The van der Waals surface area contributed by atoms with Crippen molar-refractivity contribution in [2.75, 3.05) is 6.54 Å². The van der Waals surface area contributed by atoms with Crippen LogP contribution in [0.5, 0.6) is 0 Å². The van der Waals surface area contributed by atoms with Gasteiger partial charge in [-0.3, -0.25) is 0 Å². The van der Waals surface area contributed by atoms with E-state index in [9.17, 15) is 5.11 Å². The summed E-state index contributed by atoms with van der Waals surface area (Å²) in [5.74, 6) is 4.37. The number of aromatic nitrogens is 1. The number of aliphatic hydroxyl groups is 1. The number of nitrogens with one attached hydrogen (secondary N) is 1. The highest BCUT2D eigenvalue weighted by Gasteiger charge is 2.50. The molecule has 110 valence electrons. The summed E-state index contributed by atoms with van der Waals surface area (Å²) in [6.07, 6.45) is 11.8. The van der Waals surface area contributed by atoms with E-state index in [-0.39, 0.29) is 0 Å². The van der Waals surface area contributed by atoms with Crippen LogP contribution in [0.3, 0.4) is 0 Å². The van der Waals surface area contributed by atoms with E-state index in [0.717, 1.165) is 35.7 Å². The molecule has 1 atom stereocenters. The van der Waals surface area contributed by atoms with Crippen LogP contribution in [0.1, 0.15) is 44.1 Å². The Morgan fingerprint density at radius 1 is 1.15 bits per heavy atom. The molecule has 4 bridgehead atoms. The monoisotopic (exact) mass is 274 g/mol. The number of H-pyrrole nitrogens is 1. The largest absolute Gasteiger partial charge is 0.384 e. The minimum atomic E-state index is -0.833. The molecule has 20 heavy (non-hydrogen) atoms. The van der Waals surface area contributed by atoms with E-state index in [1.807, 2.05) is 18.5 Å². The smallest absolute Gasteiger partial charge is 0.104 e. The van der Waals surface area contributed by atoms with Crippen LogP contribution in [-0.2, 0) is 5.60 Å². The predicted octanol–water partition coefficient (Wildman–Crippen LogP) is 2.62. The van der Waals surface area contributed by atoms with Gasteiger partial charge in [-0.1, -0.05) is 0 Å². The molecule has 0 aliphatic heterocycles. The summed E-state index contributed by atoms with van der Waals surface area (Å²) in [5, 5.41) is 11.0. The average molecular weight is 274 g/mol. The molecule has 0 saturated heterocycles. The van der Waals surface area contributed by atoms with Gasteiger partial charge in [0.2, 0.25) is 0 Å². The van der Waals surface area contributed by atoms with Gasteiger partial charge in [-0.15, -0.1) is 0 Å². The third kappa shape index (κ3) is 1.94. The van der Waals surface area contributed by atoms with Gasteiger partial charge in [0, 0.05) is 24.5 Å². The normalized spacial score (nSPS) is 41.8. The molecule has 4 aliphatic carbocycles. The second-order valence-electron chi connectivity index (χ2n) is 7.63. The van der Waals surface area contributed by atoms with E-state index >= 15 is 0 Å². The summed E-state index contributed by atoms with van der Waals surface area (Å²) in [6, 6.07) is 1.98. The number of hydrogen-bond acceptors (Lipinski definition) is 2. The molecular weight excluding hydrogens is 248 g/mol. The van der Waals surface area contributed by atoms with Crippen molar-refractivity contribution in [3.05, 3.63) is 24.0 Å². The van der Waals surface area contributed by atoms with Crippen LogP contribution in [0, 0.1) is 29.6 Å². The lowest BCUT2D eigenvalue weighted by atomic mass is 9.50. The Morgan fingerprint density at radius 2 is 1.80 bits per heavy atom. The van der Waals surface area contributed by atoms with Crippen LogP contribution in [0.25, 0.3) is 0 Å². The molecule has 1 aromatic heterocycles. The summed E-state index contributed by atoms with van der Waals surface area (Å²) in [7, 11) is 0. The molecule has 4 saturated carbocycles. The van der Waals surface area contributed by atoms with Crippen molar-refractivity contribution >= 4 is 0 Å². The van der Waals surface area contributed by atoms with E-state index in [1.54, 1.807) is 0 Å². The highest BCUT2D eigenvalue weighted by Crippen LogP contribution is 2.58. The van der Waals surface area contributed by atoms with Crippen LogP contribution in [-0.4, -0.2) is 16.6 Å². The maximum atomic E-state index is 11.0. The first kappa shape index (κ1) is 12.9. The van der Waals surface area contributed by atoms with E-state index in [1.165, 1.54) is 32.1 Å². The van der Waals surface area contributed by atoms with Crippen molar-refractivity contribution in [2.45, 2.75) is 44.1 Å². The first-order valence-corrected chi connectivity index (χ1v) is 8.23. The first-order chi connectivity index (χ1) is 9.68. The standard InChI is InChI=1S/C17H26N2O/c18-10-17(20,15-1-2-19-9-15)8-16-13-4-11-3-12(6-13)7-14(16)5-11/h1-2,9,11-14,16,19-20H,3-8,10,18H2. The van der Waals surface area contributed by atoms with Gasteiger partial charge in [-0.25, -0.2) is 0 Å². The zero-order valence-corrected chi connectivity index (χ0v) is 12.1. The van der Waals surface area contributed by atoms with Gasteiger partial charge in [0.15, 0.2) is 0 Å². The predicted molar refractivity (Wildman–Crippen MR) is 78.9 cm³/mol. The van der Waals surface area contributed by atoms with Gasteiger partial charge < -0.3 is 15.8 Å². The Balaban J connectivity index is 1.56. The average Bonchev–Trinajstić information content (AvgIpc) is 2.96. The lowest BCUT2D eigenvalue weighted by molar-refractivity contribution is -0.0800. The first-order valence-electron chi connectivity index (χ1n) is 8.23. The van der Waals surface area contributed by atoms with Crippen LogP contribution >= 0.6 is 0 Å². The molecular formula is C17H26N2O. The molecule has 0 spiro atoms. The fourth-order valence-corrected chi connectivity index (χ4v) is 5.69. The van der Waals surface area contributed by atoms with Crippen LogP contribution < -0.4 is 5.73 Å². The van der Waals surface area contributed by atoms with Gasteiger partial charge in [-0.05, 0) is 74.2 Å². The van der Waals surface area contributed by atoms with Gasteiger partial charge in [0.05, 0.1) is 0 Å². The second kappa shape index (κ2) is 4.60. The Bertz CT molecular complexity index is 441. The number of aromatic amines is 1. The third-order valence-corrected chi connectivity index (χ3v) is 6.47. The molecule has 4 fully saturated rings. The van der Waals surface area contributed by atoms with E-state index in [2.05, 4.69) is 4.98 Å². The van der Waals surface area contributed by atoms with Gasteiger partial charge >= 0.3 is 0 Å². The number of rotatable bonds is 4. The molecule has 5 rings (SSSR count). The van der Waals surface area contributed by atoms with Crippen molar-refractivity contribution in [1.82, 2.24) is 4.98 Å². The zero-order chi connectivity index (χ0) is 13.7. The Morgan fingerprint density at radius 3 is 2.30 bits per heavy atom. The maximum absolute atomic E-state index is 11.0. The SMILES string of the molecule is NCC(O)(CC1C2CC3CC(C2)CC1C3)c1cc[nH]c1. The molecule has 1 unspecified atom stereocenters. The molecule has 4 aliphatic rings. The summed E-state index contributed by atoms with van der Waals surface area (Å²) in [6.45, 7) is 0.327. The molecule has 0 amide bonds. The highest BCUT2D eigenvalue weighted by atomic mass is 16.3. The summed E-state index contributed by atoms with van der Waals surface area (Å²) < 4.78 is 0. The van der Waals surface area contributed by atoms with E-state index < -0.39 is 5.60 Å². The fourth-order valence-electron chi connectivity index (χ4n) is 5.69. The van der Waals surface area contributed by atoms with Crippen LogP contribution in [0.2, 0.25) is 0 Å². The van der Waals surface area contributed by atoms with Crippen LogP contribution in [0.4, 0.5) is 0 Å². The second-order valence-corrected chi connectivity index (χ2v) is 7.63. The van der Waals surface area contributed by atoms with Crippen molar-refractivity contribution < 1.29 is 5.11 Å². The molecule has 0 radical (unpaired) electrons. The number of hydrogen-bond donors (Lipinski definition) is 3. The lowest BCUT2D eigenvalue weighted by Gasteiger charge is -2.55. The Labute approximate surface area is 121 Å². The molecule has 3 nitrogen and oxygen atoms in total. The fraction of sp³-hybridized carbons (Fsp3) is 0.765. The number of nitrogens with two attached hydrogens (primary N) is 1. The topological polar surface area (TPSA) is 62.0 Å². The van der Waals surface area contributed by atoms with Crippen LogP contribution in [0.15, 0.2) is 18.5 Å². The minimum absolute atomic E-state index is 0.327. The highest BCUT2D eigenvalue weighted by molar-refractivity contribution is 5.19. The summed E-state index contributed by atoms with van der Waals surface area (Å²) in [4.78, 5) is 3.06. The lowest BCUT2D eigenvalue weighted by Crippen LogP contribution is -2.48. The van der Waals surface area contributed by atoms with Crippen molar-refractivity contribution in [3.63, 3.8) is 0 Å². The third-order valence-electron chi connectivity index (χ3n) is 6.47. The quantitative estimate of drug-likeness (QED) is 0.790. The molecule has 1 aromatic rings. The van der Waals surface area contributed by atoms with E-state index in [0.29, 0.717) is 12.5 Å². The Hall–Kier alpha value is -0.800. The summed E-state index contributed by atoms with van der Waals surface area (Å²) >= 11 is 0. The van der Waals surface area contributed by atoms with Crippen molar-refractivity contribution in [3.8, 4) is 0 Å². The molecule has 4 N–H and O–H groups in total. The molecule has 1 heterocycles. The van der Waals surface area contributed by atoms with Crippen molar-refractivity contribution in [1.29, 1.82) is 0 Å². The van der Waals surface area contributed by atoms with E-state index in [4.69, 9.17) is 5.73 Å². The maximum Gasteiger partial charge on any atom is 0.104 e. The van der Waals surface area contributed by atoms with Gasteiger partial charge in [0.1, 0.15) is 5.60 Å². The zero-order valence-electron chi connectivity index (χ0n) is 12.1. The summed E-state index contributed by atoms with van der Waals surface area (Å²) in [5.41, 5.74) is 6.07. The minimum Gasteiger partial charge on any atom is -0.384 e. The molecule has 0 aromatic carbocycles. The van der Waals surface area contributed by atoms with Gasteiger partial charge in [0.25, 0.3) is 0 Å². The van der Waals surface area contributed by atoms with Crippen molar-refractivity contribution in [2.24, 2.45) is 35.3 Å². The Kier molecular flexibility index (Phi) is 2.97.